The zero-order valence-electron chi connectivity index (χ0n) is 7.33. The van der Waals surface area contributed by atoms with Crippen LogP contribution in [0.2, 0.25) is 0 Å². The molecular formula is C11H8FNO. The van der Waals surface area contributed by atoms with E-state index in [1.807, 2.05) is 30.3 Å². The molecule has 1 aromatic carbocycles. The number of hydrogen-bond acceptors (Lipinski definition) is 1. The van der Waals surface area contributed by atoms with Gasteiger partial charge < -0.3 is 4.98 Å². The molecule has 1 N–H and O–H groups in total. The van der Waals surface area contributed by atoms with Crippen molar-refractivity contribution in [2.75, 3.05) is 0 Å². The summed E-state index contributed by atoms with van der Waals surface area (Å²) in [6.07, 6.45) is 1.38. The minimum absolute atomic E-state index is 0.313. The largest absolute Gasteiger partial charge is 0.338 e. The number of aromatic nitrogens is 1. The van der Waals surface area contributed by atoms with Gasteiger partial charge in [0.15, 0.2) is 11.4 Å². The summed E-state index contributed by atoms with van der Waals surface area (Å²) in [4.78, 5) is 13.8. The van der Waals surface area contributed by atoms with Crippen LogP contribution in [0.4, 0.5) is 4.39 Å². The maximum atomic E-state index is 12.6. The minimum atomic E-state index is -0.616. The lowest BCUT2D eigenvalue weighted by atomic mass is 10.1. The third-order valence-corrected chi connectivity index (χ3v) is 1.96. The summed E-state index contributed by atoms with van der Waals surface area (Å²) in [6, 6.07) is 10.1. The number of benzene rings is 1. The Hall–Kier alpha value is -1.90. The molecule has 0 aliphatic carbocycles. The van der Waals surface area contributed by atoms with Crippen molar-refractivity contribution in [3.05, 3.63) is 58.8 Å². The molecule has 0 unspecified atom stereocenters. The number of hydrogen-bond donors (Lipinski definition) is 1. The smallest absolute Gasteiger partial charge is 0.194 e. The van der Waals surface area contributed by atoms with Crippen LogP contribution in [0.5, 0.6) is 0 Å². The van der Waals surface area contributed by atoms with Crippen molar-refractivity contribution in [1.29, 1.82) is 0 Å². The molecule has 0 aliphatic heterocycles. The molecule has 0 amide bonds. The number of rotatable bonds is 1. The highest BCUT2D eigenvalue weighted by molar-refractivity contribution is 5.61. The molecule has 0 bridgehead atoms. The first-order chi connectivity index (χ1) is 6.77. The van der Waals surface area contributed by atoms with Crippen molar-refractivity contribution < 1.29 is 4.39 Å². The quantitative estimate of drug-likeness (QED) is 0.685. The van der Waals surface area contributed by atoms with E-state index in [1.54, 1.807) is 0 Å². The van der Waals surface area contributed by atoms with Crippen molar-refractivity contribution in [1.82, 2.24) is 4.98 Å². The van der Waals surface area contributed by atoms with Gasteiger partial charge in [0.05, 0.1) is 0 Å². The van der Waals surface area contributed by atoms with E-state index in [-0.39, 0.29) is 5.43 Å². The van der Waals surface area contributed by atoms with Gasteiger partial charge in [-0.2, -0.15) is 4.39 Å². The Morgan fingerprint density at radius 1 is 1.14 bits per heavy atom. The Morgan fingerprint density at radius 3 is 2.50 bits per heavy atom. The zero-order valence-corrected chi connectivity index (χ0v) is 7.33. The molecule has 2 rings (SSSR count). The lowest BCUT2D eigenvalue weighted by molar-refractivity contribution is 0.582. The average Bonchev–Trinajstić information content (AvgIpc) is 2.19. The molecule has 70 valence electrons. The Kier molecular flexibility index (Phi) is 2.14. The van der Waals surface area contributed by atoms with E-state index < -0.39 is 5.95 Å². The third-order valence-electron chi connectivity index (χ3n) is 1.96. The molecule has 1 heterocycles. The second-order valence-electron chi connectivity index (χ2n) is 2.92. The highest BCUT2D eigenvalue weighted by Gasteiger charge is 2.02. The molecule has 0 saturated carbocycles. The predicted molar refractivity (Wildman–Crippen MR) is 52.5 cm³/mol. The molecule has 0 spiro atoms. The second-order valence-corrected chi connectivity index (χ2v) is 2.92. The molecule has 3 heteroatoms. The summed E-state index contributed by atoms with van der Waals surface area (Å²) >= 11 is 0. The summed E-state index contributed by atoms with van der Waals surface area (Å²) in [7, 11) is 0. The van der Waals surface area contributed by atoms with Gasteiger partial charge in [-0.3, -0.25) is 4.79 Å². The van der Waals surface area contributed by atoms with Crippen LogP contribution in [0.1, 0.15) is 0 Å². The maximum absolute atomic E-state index is 12.6. The van der Waals surface area contributed by atoms with Gasteiger partial charge in [-0.25, -0.2) is 0 Å². The highest BCUT2D eigenvalue weighted by atomic mass is 19.1. The van der Waals surface area contributed by atoms with E-state index in [2.05, 4.69) is 4.98 Å². The summed E-state index contributed by atoms with van der Waals surface area (Å²) in [5.74, 6) is -0.616. The standard InChI is InChI=1S/C11H8FNO/c12-11-6-10(14)9(7-13-11)8-4-2-1-3-5-8/h1-7H,(H,13,14). The summed E-state index contributed by atoms with van der Waals surface area (Å²) in [6.45, 7) is 0. The van der Waals surface area contributed by atoms with Crippen molar-refractivity contribution in [2.24, 2.45) is 0 Å². The third kappa shape index (κ3) is 1.57. The molecule has 0 saturated heterocycles. The summed E-state index contributed by atoms with van der Waals surface area (Å²) in [5, 5.41) is 0. The zero-order chi connectivity index (χ0) is 9.97. The van der Waals surface area contributed by atoms with E-state index in [0.29, 0.717) is 5.56 Å². The van der Waals surface area contributed by atoms with E-state index in [1.165, 1.54) is 6.20 Å². The fourth-order valence-electron chi connectivity index (χ4n) is 1.29. The van der Waals surface area contributed by atoms with E-state index >= 15 is 0 Å². The van der Waals surface area contributed by atoms with Crippen LogP contribution >= 0.6 is 0 Å². The van der Waals surface area contributed by atoms with Gasteiger partial charge in [0.25, 0.3) is 0 Å². The molecule has 1 aromatic heterocycles. The maximum Gasteiger partial charge on any atom is 0.194 e. The minimum Gasteiger partial charge on any atom is -0.338 e. The first-order valence-electron chi connectivity index (χ1n) is 4.21. The van der Waals surface area contributed by atoms with Gasteiger partial charge in [0, 0.05) is 17.8 Å². The highest BCUT2D eigenvalue weighted by Crippen LogP contribution is 2.12. The van der Waals surface area contributed by atoms with Crippen LogP contribution in [0.3, 0.4) is 0 Å². The van der Waals surface area contributed by atoms with Gasteiger partial charge in [0.2, 0.25) is 0 Å². The van der Waals surface area contributed by atoms with Gasteiger partial charge in [-0.05, 0) is 5.56 Å². The van der Waals surface area contributed by atoms with E-state index in [9.17, 15) is 9.18 Å². The molecule has 0 radical (unpaired) electrons. The second kappa shape index (κ2) is 3.46. The molecule has 0 atom stereocenters. The topological polar surface area (TPSA) is 32.9 Å². The van der Waals surface area contributed by atoms with Crippen LogP contribution in [0, 0.1) is 5.95 Å². The van der Waals surface area contributed by atoms with Crippen molar-refractivity contribution in [2.45, 2.75) is 0 Å². The summed E-state index contributed by atoms with van der Waals surface area (Å²) < 4.78 is 12.6. The number of nitrogens with one attached hydrogen (secondary N) is 1. The van der Waals surface area contributed by atoms with Crippen LogP contribution < -0.4 is 5.43 Å². The van der Waals surface area contributed by atoms with E-state index in [4.69, 9.17) is 0 Å². The van der Waals surface area contributed by atoms with Crippen LogP contribution in [0.25, 0.3) is 11.1 Å². The Balaban J connectivity index is 2.59. The first kappa shape index (κ1) is 8.69. The van der Waals surface area contributed by atoms with Gasteiger partial charge in [-0.15, -0.1) is 0 Å². The molecule has 14 heavy (non-hydrogen) atoms. The van der Waals surface area contributed by atoms with Crippen molar-refractivity contribution in [3.8, 4) is 11.1 Å². The number of H-pyrrole nitrogens is 1. The van der Waals surface area contributed by atoms with E-state index in [0.717, 1.165) is 11.6 Å². The molecule has 0 fully saturated rings. The van der Waals surface area contributed by atoms with Gasteiger partial charge in [-0.1, -0.05) is 30.3 Å². The van der Waals surface area contributed by atoms with Crippen LogP contribution in [-0.4, -0.2) is 4.98 Å². The van der Waals surface area contributed by atoms with Crippen molar-refractivity contribution >= 4 is 0 Å². The Morgan fingerprint density at radius 2 is 1.86 bits per heavy atom. The molecule has 0 aliphatic rings. The van der Waals surface area contributed by atoms with Crippen molar-refractivity contribution in [3.63, 3.8) is 0 Å². The number of halogens is 1. The average molecular weight is 189 g/mol. The predicted octanol–water partition coefficient (Wildman–Crippen LogP) is 2.18. The monoisotopic (exact) mass is 189 g/mol. The summed E-state index contributed by atoms with van der Waals surface area (Å²) in [5.41, 5.74) is 0.952. The van der Waals surface area contributed by atoms with Gasteiger partial charge >= 0.3 is 0 Å². The fraction of sp³-hybridized carbons (Fsp3) is 0. The van der Waals surface area contributed by atoms with Crippen LogP contribution in [0.15, 0.2) is 47.4 Å². The SMILES string of the molecule is O=c1cc(F)[nH]cc1-c1ccccc1. The van der Waals surface area contributed by atoms with Gasteiger partial charge in [0.1, 0.15) is 0 Å². The Labute approximate surface area is 80.0 Å². The lowest BCUT2D eigenvalue weighted by Gasteiger charge is -1.99. The normalized spacial score (nSPS) is 10.1. The first-order valence-corrected chi connectivity index (χ1v) is 4.21. The fourth-order valence-corrected chi connectivity index (χ4v) is 1.29. The lowest BCUT2D eigenvalue weighted by Crippen LogP contribution is -2.05. The molecular weight excluding hydrogens is 181 g/mol. The van der Waals surface area contributed by atoms with Crippen LogP contribution in [-0.2, 0) is 0 Å². The Bertz CT molecular complexity index is 490. The molecule has 2 nitrogen and oxygen atoms in total. The number of pyridine rings is 1. The number of aromatic amines is 1. The molecule has 2 aromatic rings.